The maximum atomic E-state index is 10.5. The summed E-state index contributed by atoms with van der Waals surface area (Å²) in [5.41, 5.74) is -0.159. The smallest absolute Gasteiger partial charge is 0.0772 e. The normalized spacial score (nSPS) is 14.3. The minimum absolute atomic E-state index is 0.159. The first-order chi connectivity index (χ1) is 7.97. The minimum Gasteiger partial charge on any atom is -0.391 e. The van der Waals surface area contributed by atoms with Gasteiger partial charge in [-0.3, -0.25) is 0 Å². The highest BCUT2D eigenvalue weighted by molar-refractivity contribution is 7.10. The molecule has 0 fully saturated rings. The van der Waals surface area contributed by atoms with E-state index in [9.17, 15) is 5.11 Å². The number of nitrogens with zero attached hydrogens (tertiary/aromatic N) is 1. The molecule has 98 valence electrons. The van der Waals surface area contributed by atoms with Crippen LogP contribution >= 0.6 is 22.9 Å². The van der Waals surface area contributed by atoms with Crippen LogP contribution in [0, 0.1) is 0 Å². The molecule has 17 heavy (non-hydrogen) atoms. The summed E-state index contributed by atoms with van der Waals surface area (Å²) >= 11 is 7.70. The number of rotatable bonds is 6. The van der Waals surface area contributed by atoms with E-state index in [1.54, 1.807) is 11.3 Å². The lowest BCUT2D eigenvalue weighted by atomic mass is 9.83. The third-order valence-electron chi connectivity index (χ3n) is 3.81. The number of aliphatic hydroxyl groups excluding tert-OH is 1. The van der Waals surface area contributed by atoms with Crippen LogP contribution in [-0.2, 0) is 6.42 Å². The van der Waals surface area contributed by atoms with Gasteiger partial charge in [-0.25, -0.2) is 0 Å². The standard InChI is InChI=1S/C13H22ClNOS/c1-5-13(6-2,15(3)4)12(16)9-11-10(14)7-8-17-11/h7-8,12,16H,5-6,9H2,1-4H3. The zero-order valence-electron chi connectivity index (χ0n) is 11.0. The van der Waals surface area contributed by atoms with Crippen LogP contribution in [0.1, 0.15) is 31.6 Å². The maximum Gasteiger partial charge on any atom is 0.0772 e. The van der Waals surface area contributed by atoms with Crippen molar-refractivity contribution in [2.24, 2.45) is 0 Å². The molecule has 2 nitrogen and oxygen atoms in total. The van der Waals surface area contributed by atoms with Gasteiger partial charge in [-0.2, -0.15) is 0 Å². The van der Waals surface area contributed by atoms with E-state index in [-0.39, 0.29) is 11.6 Å². The average Bonchev–Trinajstić information content (AvgIpc) is 2.66. The van der Waals surface area contributed by atoms with Gasteiger partial charge in [0.1, 0.15) is 0 Å². The molecule has 0 aliphatic rings. The van der Waals surface area contributed by atoms with Crippen LogP contribution < -0.4 is 0 Å². The Bertz CT molecular complexity index is 347. The van der Waals surface area contributed by atoms with Gasteiger partial charge in [0, 0.05) is 16.8 Å². The summed E-state index contributed by atoms with van der Waals surface area (Å²) in [7, 11) is 4.07. The lowest BCUT2D eigenvalue weighted by molar-refractivity contribution is -0.0121. The Morgan fingerprint density at radius 3 is 2.35 bits per heavy atom. The third kappa shape index (κ3) is 3.02. The Kier molecular flexibility index (Phi) is 5.45. The van der Waals surface area contributed by atoms with E-state index in [2.05, 4.69) is 18.7 Å². The molecule has 4 heteroatoms. The summed E-state index contributed by atoms with van der Waals surface area (Å²) in [5.74, 6) is 0. The lowest BCUT2D eigenvalue weighted by Gasteiger charge is -2.42. The molecule has 0 saturated heterocycles. The molecule has 1 rings (SSSR count). The van der Waals surface area contributed by atoms with Crippen molar-refractivity contribution in [2.75, 3.05) is 14.1 Å². The quantitative estimate of drug-likeness (QED) is 0.860. The Balaban J connectivity index is 2.86. The topological polar surface area (TPSA) is 23.5 Å². The van der Waals surface area contributed by atoms with Crippen LogP contribution in [0.15, 0.2) is 11.4 Å². The fourth-order valence-corrected chi connectivity index (χ4v) is 3.64. The first-order valence-electron chi connectivity index (χ1n) is 6.05. The number of likely N-dealkylation sites (N-methyl/N-ethyl adjacent to an activating group) is 1. The van der Waals surface area contributed by atoms with E-state index in [0.717, 1.165) is 22.7 Å². The monoisotopic (exact) mass is 275 g/mol. The summed E-state index contributed by atoms with van der Waals surface area (Å²) in [4.78, 5) is 3.21. The molecule has 1 aromatic heterocycles. The average molecular weight is 276 g/mol. The number of aliphatic hydroxyl groups is 1. The Labute approximate surface area is 113 Å². The van der Waals surface area contributed by atoms with Crippen molar-refractivity contribution in [2.45, 2.75) is 44.8 Å². The number of hydrogen-bond donors (Lipinski definition) is 1. The Morgan fingerprint density at radius 2 is 2.00 bits per heavy atom. The van der Waals surface area contributed by atoms with Crippen molar-refractivity contribution in [3.63, 3.8) is 0 Å². The molecule has 0 amide bonds. The van der Waals surface area contributed by atoms with Crippen LogP contribution in [0.5, 0.6) is 0 Å². The van der Waals surface area contributed by atoms with Crippen molar-refractivity contribution in [3.05, 3.63) is 21.3 Å². The summed E-state index contributed by atoms with van der Waals surface area (Å²) < 4.78 is 0. The number of hydrogen-bond acceptors (Lipinski definition) is 3. The summed E-state index contributed by atoms with van der Waals surface area (Å²) in [6.45, 7) is 4.26. The number of thiophene rings is 1. The highest BCUT2D eigenvalue weighted by atomic mass is 35.5. The molecule has 0 aromatic carbocycles. The van der Waals surface area contributed by atoms with Gasteiger partial charge < -0.3 is 10.0 Å². The molecule has 1 heterocycles. The van der Waals surface area contributed by atoms with Crippen molar-refractivity contribution < 1.29 is 5.11 Å². The number of halogens is 1. The molecule has 0 saturated carbocycles. The van der Waals surface area contributed by atoms with Crippen molar-refractivity contribution >= 4 is 22.9 Å². The summed E-state index contributed by atoms with van der Waals surface area (Å²) in [6.07, 6.45) is 2.11. The molecule has 1 N–H and O–H groups in total. The first-order valence-corrected chi connectivity index (χ1v) is 7.31. The molecule has 0 aliphatic carbocycles. The van der Waals surface area contributed by atoms with E-state index in [1.807, 2.05) is 25.5 Å². The molecule has 1 atom stereocenters. The van der Waals surface area contributed by atoms with Gasteiger partial charge >= 0.3 is 0 Å². The van der Waals surface area contributed by atoms with Crippen molar-refractivity contribution in [1.82, 2.24) is 4.90 Å². The fourth-order valence-electron chi connectivity index (χ4n) is 2.49. The second kappa shape index (κ2) is 6.19. The molecule has 1 unspecified atom stereocenters. The van der Waals surface area contributed by atoms with Crippen molar-refractivity contribution in [1.29, 1.82) is 0 Å². The molecule has 0 spiro atoms. The summed E-state index contributed by atoms with van der Waals surface area (Å²) in [5, 5.41) is 13.3. The van der Waals surface area contributed by atoms with Gasteiger partial charge in [0.15, 0.2) is 0 Å². The van der Waals surface area contributed by atoms with E-state index < -0.39 is 0 Å². The van der Waals surface area contributed by atoms with Gasteiger partial charge in [-0.1, -0.05) is 25.4 Å². The van der Waals surface area contributed by atoms with E-state index in [0.29, 0.717) is 6.42 Å². The van der Waals surface area contributed by atoms with Crippen LogP contribution in [0.4, 0.5) is 0 Å². The molecule has 0 radical (unpaired) electrons. The maximum absolute atomic E-state index is 10.5. The molecular weight excluding hydrogens is 254 g/mol. The molecule has 0 aliphatic heterocycles. The van der Waals surface area contributed by atoms with Gasteiger partial charge in [0.25, 0.3) is 0 Å². The predicted molar refractivity (Wildman–Crippen MR) is 76.0 cm³/mol. The second-order valence-electron chi connectivity index (χ2n) is 4.62. The largest absolute Gasteiger partial charge is 0.391 e. The van der Waals surface area contributed by atoms with Crippen molar-refractivity contribution in [3.8, 4) is 0 Å². The fraction of sp³-hybridized carbons (Fsp3) is 0.692. The van der Waals surface area contributed by atoms with Crippen LogP contribution in [-0.4, -0.2) is 35.7 Å². The molecule has 0 bridgehead atoms. The van der Waals surface area contributed by atoms with Gasteiger partial charge in [-0.05, 0) is 38.4 Å². The molecular formula is C13H22ClNOS. The Hall–Kier alpha value is -0.0900. The molecule has 1 aromatic rings. The van der Waals surface area contributed by atoms with E-state index in [4.69, 9.17) is 11.6 Å². The minimum atomic E-state index is -0.386. The highest BCUT2D eigenvalue weighted by Crippen LogP contribution is 2.31. The zero-order chi connectivity index (χ0) is 13.1. The van der Waals surface area contributed by atoms with Crippen LogP contribution in [0.3, 0.4) is 0 Å². The highest BCUT2D eigenvalue weighted by Gasteiger charge is 2.37. The van der Waals surface area contributed by atoms with Crippen LogP contribution in [0.25, 0.3) is 0 Å². The Morgan fingerprint density at radius 1 is 1.41 bits per heavy atom. The predicted octanol–water partition coefficient (Wildman–Crippen LogP) is 3.43. The van der Waals surface area contributed by atoms with E-state index in [1.165, 1.54) is 0 Å². The van der Waals surface area contributed by atoms with Crippen LogP contribution in [0.2, 0.25) is 5.02 Å². The van der Waals surface area contributed by atoms with E-state index >= 15 is 0 Å². The van der Waals surface area contributed by atoms with Gasteiger partial charge in [0.05, 0.1) is 11.1 Å². The third-order valence-corrected chi connectivity index (χ3v) is 5.21. The lowest BCUT2D eigenvalue weighted by Crippen LogP contribution is -2.53. The van der Waals surface area contributed by atoms with Gasteiger partial charge in [0.2, 0.25) is 0 Å². The summed E-state index contributed by atoms with van der Waals surface area (Å²) in [6, 6.07) is 1.89. The SMILES string of the molecule is CCC(CC)(C(O)Cc1sccc1Cl)N(C)C. The zero-order valence-corrected chi connectivity index (χ0v) is 12.6. The first kappa shape index (κ1) is 15.0. The van der Waals surface area contributed by atoms with Gasteiger partial charge in [-0.15, -0.1) is 11.3 Å². The second-order valence-corrected chi connectivity index (χ2v) is 6.02.